The van der Waals surface area contributed by atoms with Gasteiger partial charge < -0.3 is 0 Å². The van der Waals surface area contributed by atoms with E-state index in [0.717, 1.165) is 10.0 Å². The van der Waals surface area contributed by atoms with Gasteiger partial charge in [-0.1, -0.05) is 47.5 Å². The molecule has 0 aromatic heterocycles. The maximum atomic E-state index is 5.84. The van der Waals surface area contributed by atoms with Gasteiger partial charge in [-0.25, -0.2) is 0 Å². The Hall–Kier alpha value is 0.434. The average molecular weight is 581 g/mol. The first-order chi connectivity index (χ1) is 15.1. The minimum absolute atomic E-state index is 0.0639. The first-order valence-electron chi connectivity index (χ1n) is 10.4. The van der Waals surface area contributed by atoms with E-state index in [-0.39, 0.29) is 15.8 Å². The zero-order valence-electron chi connectivity index (χ0n) is 17.4. The molecule has 0 bridgehead atoms. The van der Waals surface area contributed by atoms with E-state index in [1.165, 1.54) is 60.9 Å². The average Bonchev–Trinajstić information content (AvgIpc) is 3.48. The molecule has 0 N–H and O–H groups in total. The molecule has 0 amide bonds. The van der Waals surface area contributed by atoms with E-state index in [9.17, 15) is 0 Å². The molecule has 0 atom stereocenters. The third-order valence-corrected chi connectivity index (χ3v) is 11.0. The van der Waals surface area contributed by atoms with Crippen molar-refractivity contribution in [3.8, 4) is 0 Å². The fourth-order valence-corrected chi connectivity index (χ4v) is 8.21. The van der Waals surface area contributed by atoms with Crippen LogP contribution in [0.15, 0.2) is 72.8 Å². The number of rotatable bonds is 6. The topological polar surface area (TPSA) is 0 Å². The first kappa shape index (κ1) is 27.7. The third-order valence-electron chi connectivity index (χ3n) is 5.32. The molecule has 0 radical (unpaired) electrons. The van der Waals surface area contributed by atoms with E-state index in [1.54, 1.807) is 0 Å². The fourth-order valence-electron chi connectivity index (χ4n) is 3.52. The molecule has 0 nitrogen and oxygen atoms in total. The molecule has 0 aliphatic carbocycles. The third kappa shape index (κ3) is 12.5. The predicted molar refractivity (Wildman–Crippen MR) is 146 cm³/mol. The molecule has 0 fully saturated rings. The normalized spacial score (nSPS) is 15.5. The van der Waals surface area contributed by atoms with Crippen molar-refractivity contribution < 1.29 is 12.7 Å². The van der Waals surface area contributed by atoms with Crippen LogP contribution in [0.25, 0.3) is 0 Å². The Morgan fingerprint density at radius 3 is 1.16 bits per heavy atom. The molecule has 7 heteroatoms. The van der Waals surface area contributed by atoms with Crippen LogP contribution in [0.5, 0.6) is 0 Å². The molecule has 2 aromatic rings. The first-order valence-corrected chi connectivity index (χ1v) is 18.1. The zero-order valence-corrected chi connectivity index (χ0v) is 23.4. The summed E-state index contributed by atoms with van der Waals surface area (Å²) < 4.78 is 0. The fraction of sp³-hybridized carbons (Fsp3) is 0.333. The van der Waals surface area contributed by atoms with Crippen LogP contribution < -0.4 is 0 Å². The SMILES string of the molecule is Clc1ccc(CC[PH+]2CC=CC2)cc1.Clc1ccc(CC[PH+]2CC=CC2)cc1.[Cl][Ni][Cl]. The summed E-state index contributed by atoms with van der Waals surface area (Å²) in [6.45, 7) is 0. The molecule has 0 spiro atoms. The van der Waals surface area contributed by atoms with Crippen molar-refractivity contribution in [2.45, 2.75) is 12.8 Å². The molecule has 2 aliphatic heterocycles. The second-order valence-corrected chi connectivity index (χ2v) is 15.7. The van der Waals surface area contributed by atoms with Gasteiger partial charge in [0, 0.05) is 38.7 Å². The second-order valence-electron chi connectivity index (χ2n) is 7.56. The van der Waals surface area contributed by atoms with Gasteiger partial charge in [-0.2, -0.15) is 0 Å². The van der Waals surface area contributed by atoms with Crippen LogP contribution in [-0.4, -0.2) is 37.0 Å². The number of benzene rings is 2. The summed E-state index contributed by atoms with van der Waals surface area (Å²) in [5, 5.41) is 1.68. The summed E-state index contributed by atoms with van der Waals surface area (Å²) in [6, 6.07) is 16.5. The molecule has 0 saturated heterocycles. The monoisotopic (exact) mass is 578 g/mol. The van der Waals surface area contributed by atoms with Crippen molar-refractivity contribution in [1.29, 1.82) is 0 Å². The number of aryl methyl sites for hydroxylation is 2. The minimum atomic E-state index is -0.0639. The molecule has 0 unspecified atom stereocenters. The van der Waals surface area contributed by atoms with Gasteiger partial charge in [-0.3, -0.25) is 0 Å². The summed E-state index contributed by atoms with van der Waals surface area (Å²) >= 11 is 12.2. The number of halogens is 4. The van der Waals surface area contributed by atoms with Crippen molar-refractivity contribution in [3.05, 3.63) is 94.0 Å². The van der Waals surface area contributed by atoms with Crippen LogP contribution in [0, 0.1) is 0 Å². The Balaban J connectivity index is 0.000000196. The Morgan fingerprint density at radius 1 is 0.581 bits per heavy atom. The van der Waals surface area contributed by atoms with Crippen LogP contribution in [0.2, 0.25) is 10.0 Å². The Morgan fingerprint density at radius 2 is 0.871 bits per heavy atom. The Labute approximate surface area is 214 Å². The molecular weight excluding hydrogens is 551 g/mol. The maximum absolute atomic E-state index is 5.84. The number of allylic oxidation sites excluding steroid dienone is 4. The molecule has 31 heavy (non-hydrogen) atoms. The van der Waals surface area contributed by atoms with Gasteiger partial charge in [-0.15, -0.1) is 0 Å². The molecule has 4 rings (SSSR count). The van der Waals surface area contributed by atoms with Crippen LogP contribution in [0.4, 0.5) is 0 Å². The van der Waals surface area contributed by atoms with Crippen molar-refractivity contribution in [1.82, 2.24) is 0 Å². The molecule has 2 aliphatic rings. The van der Waals surface area contributed by atoms with Crippen LogP contribution in [0.3, 0.4) is 0 Å². The van der Waals surface area contributed by atoms with Crippen LogP contribution >= 0.6 is 59.4 Å². The molecule has 2 heterocycles. The van der Waals surface area contributed by atoms with Crippen molar-refractivity contribution in [3.63, 3.8) is 0 Å². The van der Waals surface area contributed by atoms with Crippen LogP contribution in [0.1, 0.15) is 11.1 Å². The summed E-state index contributed by atoms with van der Waals surface area (Å²) in [5.74, 6) is 0. The Bertz CT molecular complexity index is 711. The summed E-state index contributed by atoms with van der Waals surface area (Å²) in [6.07, 6.45) is 20.1. The number of hydrogen-bond donors (Lipinski definition) is 0. The van der Waals surface area contributed by atoms with Crippen LogP contribution in [-0.2, 0) is 25.5 Å². The van der Waals surface area contributed by atoms with Crippen molar-refractivity contribution in [2.24, 2.45) is 0 Å². The van der Waals surface area contributed by atoms with Crippen molar-refractivity contribution in [2.75, 3.05) is 37.0 Å². The molecule has 0 saturated carbocycles. The van der Waals surface area contributed by atoms with Gasteiger partial charge >= 0.3 is 33.0 Å². The summed E-state index contributed by atoms with van der Waals surface area (Å²) in [5.41, 5.74) is 2.86. The van der Waals surface area contributed by atoms with E-state index < -0.39 is 0 Å². The summed E-state index contributed by atoms with van der Waals surface area (Å²) in [4.78, 5) is 0. The zero-order chi connectivity index (χ0) is 22.3. The predicted octanol–water partition coefficient (Wildman–Crippen LogP) is 8.71. The second kappa shape index (κ2) is 17.0. The van der Waals surface area contributed by atoms with Crippen molar-refractivity contribution >= 4 is 59.4 Å². The van der Waals surface area contributed by atoms with E-state index >= 15 is 0 Å². The summed E-state index contributed by atoms with van der Waals surface area (Å²) in [7, 11) is 9.28. The number of hydrogen-bond acceptors (Lipinski definition) is 0. The quantitative estimate of drug-likeness (QED) is 0.182. The standard InChI is InChI=1S/2C12H14ClP.2ClH.Ni/c2*13-12-5-3-11(4-6-12)7-10-14-8-1-2-9-14;;;/h2*1-6H,7-10H2;2*1H;/q;;;;+2. The van der Waals surface area contributed by atoms with E-state index in [0.29, 0.717) is 12.7 Å². The Kier molecular flexibility index (Phi) is 15.1. The van der Waals surface area contributed by atoms with Gasteiger partial charge in [0.2, 0.25) is 0 Å². The van der Waals surface area contributed by atoms with E-state index in [2.05, 4.69) is 48.6 Å². The van der Waals surface area contributed by atoms with Gasteiger partial charge in [0.05, 0.1) is 37.0 Å². The van der Waals surface area contributed by atoms with Gasteiger partial charge in [0.15, 0.2) is 0 Å². The van der Waals surface area contributed by atoms with E-state index in [4.69, 9.17) is 43.6 Å². The van der Waals surface area contributed by atoms with E-state index in [1.807, 2.05) is 24.3 Å². The van der Waals surface area contributed by atoms with Gasteiger partial charge in [0.25, 0.3) is 0 Å². The molecular formula is C24H30Cl4NiP2+2. The molecule has 2 aromatic carbocycles. The molecule has 172 valence electrons. The van der Waals surface area contributed by atoms with Gasteiger partial charge in [0.1, 0.15) is 0 Å². The van der Waals surface area contributed by atoms with Gasteiger partial charge in [-0.05, 0) is 59.7 Å².